The van der Waals surface area contributed by atoms with Crippen molar-refractivity contribution in [1.29, 1.82) is 0 Å². The highest BCUT2D eigenvalue weighted by Gasteiger charge is 2.04. The number of rotatable bonds is 9. The van der Waals surface area contributed by atoms with Crippen LogP contribution >= 0.6 is 11.3 Å². The van der Waals surface area contributed by atoms with Crippen LogP contribution in [0.3, 0.4) is 0 Å². The quantitative estimate of drug-likeness (QED) is 0.358. The number of nitrogens with one attached hydrogen (secondary N) is 3. The molecule has 1 heterocycles. The van der Waals surface area contributed by atoms with Crippen molar-refractivity contribution in [3.05, 3.63) is 58.0 Å². The van der Waals surface area contributed by atoms with Gasteiger partial charge >= 0.3 is 0 Å². The van der Waals surface area contributed by atoms with Crippen molar-refractivity contribution in [3.63, 3.8) is 0 Å². The molecule has 7 heteroatoms. The zero-order valence-corrected chi connectivity index (χ0v) is 15.7. The zero-order chi connectivity index (χ0) is 18.6. The Morgan fingerprint density at radius 2 is 2.04 bits per heavy atom. The molecule has 0 fully saturated rings. The van der Waals surface area contributed by atoms with Crippen LogP contribution in [0.4, 0.5) is 4.39 Å². The smallest absolute Gasteiger partial charge is 0.261 e. The Balaban J connectivity index is 1.67. The number of aliphatic imine (C=N–C) groups is 1. The van der Waals surface area contributed by atoms with Crippen LogP contribution in [0.15, 0.2) is 46.8 Å². The number of nitrogens with zero attached hydrogens (tertiary/aromatic N) is 1. The topological polar surface area (TPSA) is 65.5 Å². The van der Waals surface area contributed by atoms with Crippen molar-refractivity contribution in [1.82, 2.24) is 16.0 Å². The summed E-state index contributed by atoms with van der Waals surface area (Å²) < 4.78 is 13.2. The van der Waals surface area contributed by atoms with Crippen LogP contribution in [-0.4, -0.2) is 38.0 Å². The SMILES string of the molecule is CCNC(=NCCCNC(=O)c1cccs1)NCCc1cccc(F)c1. The van der Waals surface area contributed by atoms with Crippen molar-refractivity contribution < 1.29 is 9.18 Å². The van der Waals surface area contributed by atoms with Crippen LogP contribution in [0.2, 0.25) is 0 Å². The van der Waals surface area contributed by atoms with Gasteiger partial charge in [0, 0.05) is 26.2 Å². The van der Waals surface area contributed by atoms with Crippen molar-refractivity contribution in [3.8, 4) is 0 Å². The Labute approximate surface area is 157 Å². The van der Waals surface area contributed by atoms with Gasteiger partial charge in [0.25, 0.3) is 5.91 Å². The lowest BCUT2D eigenvalue weighted by Gasteiger charge is -2.11. The molecule has 0 bridgehead atoms. The van der Waals surface area contributed by atoms with E-state index >= 15 is 0 Å². The van der Waals surface area contributed by atoms with E-state index in [1.54, 1.807) is 12.1 Å². The minimum absolute atomic E-state index is 0.0379. The minimum atomic E-state index is -0.215. The van der Waals surface area contributed by atoms with E-state index in [2.05, 4.69) is 20.9 Å². The summed E-state index contributed by atoms with van der Waals surface area (Å²) in [6, 6.07) is 10.3. The molecule has 0 saturated carbocycles. The first-order valence-electron chi connectivity index (χ1n) is 8.77. The highest BCUT2D eigenvalue weighted by Crippen LogP contribution is 2.07. The fraction of sp³-hybridized carbons (Fsp3) is 0.368. The fourth-order valence-corrected chi connectivity index (χ4v) is 2.97. The van der Waals surface area contributed by atoms with E-state index < -0.39 is 0 Å². The third-order valence-corrected chi connectivity index (χ3v) is 4.44. The Kier molecular flexibility index (Phi) is 8.62. The van der Waals surface area contributed by atoms with Gasteiger partial charge < -0.3 is 16.0 Å². The molecule has 1 amide bonds. The first-order valence-corrected chi connectivity index (χ1v) is 9.65. The molecule has 0 unspecified atom stereocenters. The average Bonchev–Trinajstić information content (AvgIpc) is 3.16. The molecule has 5 nitrogen and oxygen atoms in total. The molecule has 140 valence electrons. The van der Waals surface area contributed by atoms with E-state index in [4.69, 9.17) is 0 Å². The number of carbonyl (C=O) groups is 1. The monoisotopic (exact) mass is 376 g/mol. The van der Waals surface area contributed by atoms with E-state index in [9.17, 15) is 9.18 Å². The second kappa shape index (κ2) is 11.3. The van der Waals surface area contributed by atoms with E-state index in [0.29, 0.717) is 19.6 Å². The van der Waals surface area contributed by atoms with Crippen LogP contribution in [0, 0.1) is 5.82 Å². The van der Waals surface area contributed by atoms with Gasteiger partial charge in [-0.15, -0.1) is 11.3 Å². The highest BCUT2D eigenvalue weighted by atomic mass is 32.1. The molecule has 26 heavy (non-hydrogen) atoms. The number of carbonyl (C=O) groups excluding carboxylic acids is 1. The Bertz CT molecular complexity index is 703. The third kappa shape index (κ3) is 7.23. The summed E-state index contributed by atoms with van der Waals surface area (Å²) in [6.45, 7) is 4.64. The summed E-state index contributed by atoms with van der Waals surface area (Å²) >= 11 is 1.43. The van der Waals surface area contributed by atoms with Gasteiger partial charge in [0.2, 0.25) is 0 Å². The molecule has 0 radical (unpaired) electrons. The Morgan fingerprint density at radius 1 is 1.15 bits per heavy atom. The van der Waals surface area contributed by atoms with Crippen molar-refractivity contribution in [2.75, 3.05) is 26.2 Å². The first kappa shape index (κ1) is 19.9. The third-order valence-electron chi connectivity index (χ3n) is 3.57. The van der Waals surface area contributed by atoms with E-state index in [1.807, 2.05) is 30.5 Å². The molecule has 3 N–H and O–H groups in total. The maximum absolute atomic E-state index is 13.2. The molecule has 2 aromatic rings. The summed E-state index contributed by atoms with van der Waals surface area (Å²) in [4.78, 5) is 17.0. The maximum atomic E-state index is 13.2. The highest BCUT2D eigenvalue weighted by molar-refractivity contribution is 7.12. The lowest BCUT2D eigenvalue weighted by Crippen LogP contribution is -2.38. The van der Waals surface area contributed by atoms with Crippen molar-refractivity contribution in [2.24, 2.45) is 4.99 Å². The van der Waals surface area contributed by atoms with Gasteiger partial charge in [-0.3, -0.25) is 9.79 Å². The largest absolute Gasteiger partial charge is 0.357 e. The van der Waals surface area contributed by atoms with Crippen LogP contribution < -0.4 is 16.0 Å². The molecule has 2 rings (SSSR count). The normalized spacial score (nSPS) is 11.2. The number of amides is 1. The lowest BCUT2D eigenvalue weighted by atomic mass is 10.1. The fourth-order valence-electron chi connectivity index (χ4n) is 2.33. The van der Waals surface area contributed by atoms with E-state index in [0.717, 1.165) is 35.8 Å². The van der Waals surface area contributed by atoms with Crippen LogP contribution in [-0.2, 0) is 6.42 Å². The molecular formula is C19H25FN4OS. The van der Waals surface area contributed by atoms with Gasteiger partial charge in [0.15, 0.2) is 5.96 Å². The molecule has 0 aliphatic carbocycles. The van der Waals surface area contributed by atoms with Gasteiger partial charge in [0.05, 0.1) is 4.88 Å². The molecule has 1 aromatic carbocycles. The molecule has 0 saturated heterocycles. The molecule has 0 aliphatic rings. The Morgan fingerprint density at radius 3 is 2.77 bits per heavy atom. The lowest BCUT2D eigenvalue weighted by molar-refractivity contribution is 0.0957. The predicted molar refractivity (Wildman–Crippen MR) is 105 cm³/mol. The van der Waals surface area contributed by atoms with Gasteiger partial charge in [0.1, 0.15) is 5.82 Å². The Hall–Kier alpha value is -2.41. The van der Waals surface area contributed by atoms with Crippen LogP contribution in [0.25, 0.3) is 0 Å². The van der Waals surface area contributed by atoms with Gasteiger partial charge in [-0.25, -0.2) is 4.39 Å². The van der Waals surface area contributed by atoms with Gasteiger partial charge in [-0.1, -0.05) is 18.2 Å². The maximum Gasteiger partial charge on any atom is 0.261 e. The van der Waals surface area contributed by atoms with E-state index in [1.165, 1.54) is 17.4 Å². The van der Waals surface area contributed by atoms with Gasteiger partial charge in [-0.05, 0) is 48.9 Å². The molecule has 0 spiro atoms. The summed E-state index contributed by atoms with van der Waals surface area (Å²) in [5.41, 5.74) is 0.949. The summed E-state index contributed by atoms with van der Waals surface area (Å²) in [7, 11) is 0. The minimum Gasteiger partial charge on any atom is -0.357 e. The number of hydrogen-bond acceptors (Lipinski definition) is 3. The van der Waals surface area contributed by atoms with E-state index in [-0.39, 0.29) is 11.7 Å². The second-order valence-electron chi connectivity index (χ2n) is 5.65. The molecule has 1 aromatic heterocycles. The summed E-state index contributed by atoms with van der Waals surface area (Å²) in [5, 5.41) is 11.2. The molecule has 0 atom stereocenters. The number of thiophene rings is 1. The number of hydrogen-bond donors (Lipinski definition) is 3. The van der Waals surface area contributed by atoms with Crippen molar-refractivity contribution in [2.45, 2.75) is 19.8 Å². The zero-order valence-electron chi connectivity index (χ0n) is 14.9. The number of benzene rings is 1. The standard InChI is InChI=1S/C19H25FN4OS/c1-2-21-19(24-12-9-15-6-3-7-16(20)14-15)23-11-5-10-22-18(25)17-8-4-13-26-17/h3-4,6-8,13-14H,2,5,9-12H2,1H3,(H,22,25)(H2,21,23,24). The first-order chi connectivity index (χ1) is 12.7. The van der Waals surface area contributed by atoms with Crippen molar-refractivity contribution >= 4 is 23.2 Å². The summed E-state index contributed by atoms with van der Waals surface area (Å²) in [5.74, 6) is 0.477. The predicted octanol–water partition coefficient (Wildman–Crippen LogP) is 2.80. The summed E-state index contributed by atoms with van der Waals surface area (Å²) in [6.07, 6.45) is 1.48. The van der Waals surface area contributed by atoms with Crippen LogP contribution in [0.5, 0.6) is 0 Å². The number of guanidine groups is 1. The second-order valence-corrected chi connectivity index (χ2v) is 6.60. The molecular weight excluding hydrogens is 351 g/mol. The molecule has 0 aliphatic heterocycles. The van der Waals surface area contributed by atoms with Crippen LogP contribution in [0.1, 0.15) is 28.6 Å². The average molecular weight is 377 g/mol. The number of halogens is 1. The van der Waals surface area contributed by atoms with Gasteiger partial charge in [-0.2, -0.15) is 0 Å².